The van der Waals surface area contributed by atoms with Crippen molar-refractivity contribution in [2.24, 2.45) is 0 Å². The number of benzene rings is 2. The fourth-order valence-corrected chi connectivity index (χ4v) is 4.27. The lowest BCUT2D eigenvalue weighted by Gasteiger charge is -2.31. The predicted octanol–water partition coefficient (Wildman–Crippen LogP) is 4.57. The minimum Gasteiger partial charge on any atom is -0.497 e. The van der Waals surface area contributed by atoms with Crippen LogP contribution in [0.3, 0.4) is 0 Å². The third kappa shape index (κ3) is 7.94. The standard InChI is InChI=1S/C25H34N2O3S/c1-6-23(25(29)26-18(2)3)27(15-20-10-8-12-22(14-20)30-5)24(28)17-31-16-21-11-7-9-19(4)13-21/h7-14,18,23H,6,15-17H2,1-5H3,(H,26,29). The van der Waals surface area contributed by atoms with Gasteiger partial charge in [0.15, 0.2) is 0 Å². The average Bonchev–Trinajstić information content (AvgIpc) is 2.73. The van der Waals surface area contributed by atoms with Crippen LogP contribution in [-0.4, -0.2) is 41.7 Å². The van der Waals surface area contributed by atoms with Crippen LogP contribution in [0.5, 0.6) is 5.75 Å². The maximum atomic E-state index is 13.2. The van der Waals surface area contributed by atoms with Crippen molar-refractivity contribution in [3.8, 4) is 5.75 Å². The lowest BCUT2D eigenvalue weighted by Crippen LogP contribution is -2.50. The summed E-state index contributed by atoms with van der Waals surface area (Å²) < 4.78 is 5.32. The van der Waals surface area contributed by atoms with Gasteiger partial charge in [0, 0.05) is 18.3 Å². The smallest absolute Gasteiger partial charge is 0.243 e. The van der Waals surface area contributed by atoms with E-state index >= 15 is 0 Å². The maximum Gasteiger partial charge on any atom is 0.243 e. The maximum absolute atomic E-state index is 13.2. The number of hydrogen-bond acceptors (Lipinski definition) is 4. The molecule has 0 fully saturated rings. The lowest BCUT2D eigenvalue weighted by molar-refractivity contribution is -0.139. The van der Waals surface area contributed by atoms with E-state index in [0.717, 1.165) is 17.1 Å². The highest BCUT2D eigenvalue weighted by Gasteiger charge is 2.28. The van der Waals surface area contributed by atoms with Gasteiger partial charge < -0.3 is 15.0 Å². The zero-order valence-electron chi connectivity index (χ0n) is 19.2. The van der Waals surface area contributed by atoms with E-state index < -0.39 is 6.04 Å². The van der Waals surface area contributed by atoms with Gasteiger partial charge >= 0.3 is 0 Å². The Morgan fingerprint density at radius 3 is 2.45 bits per heavy atom. The van der Waals surface area contributed by atoms with Gasteiger partial charge in [0.25, 0.3) is 0 Å². The van der Waals surface area contributed by atoms with Gasteiger partial charge in [-0.15, -0.1) is 11.8 Å². The van der Waals surface area contributed by atoms with Crippen LogP contribution >= 0.6 is 11.8 Å². The highest BCUT2D eigenvalue weighted by Crippen LogP contribution is 2.20. The van der Waals surface area contributed by atoms with Crippen LogP contribution in [0.25, 0.3) is 0 Å². The van der Waals surface area contributed by atoms with E-state index in [4.69, 9.17) is 4.74 Å². The van der Waals surface area contributed by atoms with Gasteiger partial charge in [-0.3, -0.25) is 9.59 Å². The number of amides is 2. The second-order valence-electron chi connectivity index (χ2n) is 7.94. The number of nitrogens with zero attached hydrogens (tertiary/aromatic N) is 1. The molecule has 2 aromatic rings. The summed E-state index contributed by atoms with van der Waals surface area (Å²) in [6.45, 7) is 8.23. The minimum atomic E-state index is -0.513. The first-order chi connectivity index (χ1) is 14.8. The molecule has 0 aromatic heterocycles. The zero-order chi connectivity index (χ0) is 22.8. The van der Waals surface area contributed by atoms with Crippen molar-refractivity contribution in [3.63, 3.8) is 0 Å². The molecular formula is C25H34N2O3S. The Hall–Kier alpha value is -2.47. The molecule has 0 aliphatic heterocycles. The normalized spacial score (nSPS) is 11.8. The molecule has 0 radical (unpaired) electrons. The van der Waals surface area contributed by atoms with Gasteiger partial charge in [0.05, 0.1) is 12.9 Å². The highest BCUT2D eigenvalue weighted by atomic mass is 32.2. The Morgan fingerprint density at radius 2 is 1.81 bits per heavy atom. The quantitative estimate of drug-likeness (QED) is 0.554. The SMILES string of the molecule is CCC(C(=O)NC(C)C)N(Cc1cccc(OC)c1)C(=O)CSCc1cccc(C)c1. The molecule has 2 aromatic carbocycles. The van der Waals surface area contributed by atoms with Gasteiger partial charge in [-0.25, -0.2) is 0 Å². The fraction of sp³-hybridized carbons (Fsp3) is 0.440. The van der Waals surface area contributed by atoms with E-state index in [9.17, 15) is 9.59 Å². The summed E-state index contributed by atoms with van der Waals surface area (Å²) in [6.07, 6.45) is 0.552. The van der Waals surface area contributed by atoms with Crippen molar-refractivity contribution >= 4 is 23.6 Å². The summed E-state index contributed by atoms with van der Waals surface area (Å²) in [6, 6.07) is 15.4. The molecule has 0 saturated heterocycles. The Morgan fingerprint density at radius 1 is 1.10 bits per heavy atom. The molecule has 2 amide bonds. The number of carbonyl (C=O) groups excluding carboxylic acids is 2. The van der Waals surface area contributed by atoms with Crippen molar-refractivity contribution in [2.75, 3.05) is 12.9 Å². The largest absolute Gasteiger partial charge is 0.497 e. The number of ether oxygens (including phenoxy) is 1. The average molecular weight is 443 g/mol. The molecule has 1 unspecified atom stereocenters. The Kier molecular flexibility index (Phi) is 9.92. The van der Waals surface area contributed by atoms with Crippen molar-refractivity contribution in [1.82, 2.24) is 10.2 Å². The molecule has 168 valence electrons. The molecule has 6 heteroatoms. The molecule has 1 atom stereocenters. The number of carbonyl (C=O) groups is 2. The number of rotatable bonds is 11. The van der Waals surface area contributed by atoms with Crippen LogP contribution < -0.4 is 10.1 Å². The van der Waals surface area contributed by atoms with Gasteiger partial charge in [-0.1, -0.05) is 48.9 Å². The van der Waals surface area contributed by atoms with Crippen molar-refractivity contribution < 1.29 is 14.3 Å². The van der Waals surface area contributed by atoms with Crippen LogP contribution in [0.4, 0.5) is 0 Å². The van der Waals surface area contributed by atoms with E-state index in [-0.39, 0.29) is 17.9 Å². The number of nitrogens with one attached hydrogen (secondary N) is 1. The van der Waals surface area contributed by atoms with Crippen molar-refractivity contribution in [1.29, 1.82) is 0 Å². The first-order valence-corrected chi connectivity index (χ1v) is 11.9. The Balaban J connectivity index is 2.15. The fourth-order valence-electron chi connectivity index (χ4n) is 3.41. The van der Waals surface area contributed by atoms with Crippen LogP contribution in [-0.2, 0) is 21.9 Å². The van der Waals surface area contributed by atoms with E-state index in [0.29, 0.717) is 18.7 Å². The number of thioether (sulfide) groups is 1. The summed E-state index contributed by atoms with van der Waals surface area (Å²) in [5.41, 5.74) is 3.34. The molecule has 0 spiro atoms. The van der Waals surface area contributed by atoms with E-state index in [1.807, 2.05) is 51.1 Å². The van der Waals surface area contributed by atoms with Crippen LogP contribution in [0.2, 0.25) is 0 Å². The highest BCUT2D eigenvalue weighted by molar-refractivity contribution is 7.99. The molecule has 1 N–H and O–H groups in total. The molecule has 0 aliphatic carbocycles. The topological polar surface area (TPSA) is 58.6 Å². The zero-order valence-corrected chi connectivity index (χ0v) is 20.0. The molecule has 31 heavy (non-hydrogen) atoms. The number of aryl methyl sites for hydroxylation is 1. The summed E-state index contributed by atoms with van der Waals surface area (Å²) in [4.78, 5) is 27.8. The molecule has 5 nitrogen and oxygen atoms in total. The van der Waals surface area contributed by atoms with E-state index in [2.05, 4.69) is 30.4 Å². The second kappa shape index (κ2) is 12.4. The molecule has 0 bridgehead atoms. The van der Waals surface area contributed by atoms with Crippen molar-refractivity contribution in [2.45, 2.75) is 58.5 Å². The number of methoxy groups -OCH3 is 1. The molecular weight excluding hydrogens is 408 g/mol. The third-order valence-electron chi connectivity index (χ3n) is 4.88. The first kappa shape index (κ1) is 24.8. The Labute approximate surface area is 190 Å². The van der Waals surface area contributed by atoms with Gasteiger partial charge in [0.2, 0.25) is 11.8 Å². The van der Waals surface area contributed by atoms with Crippen LogP contribution in [0.15, 0.2) is 48.5 Å². The van der Waals surface area contributed by atoms with E-state index in [1.54, 1.807) is 23.8 Å². The van der Waals surface area contributed by atoms with Crippen LogP contribution in [0.1, 0.15) is 43.9 Å². The number of hydrogen-bond donors (Lipinski definition) is 1. The summed E-state index contributed by atoms with van der Waals surface area (Å²) in [5.74, 6) is 1.67. The third-order valence-corrected chi connectivity index (χ3v) is 5.87. The van der Waals surface area contributed by atoms with Gasteiger partial charge in [-0.2, -0.15) is 0 Å². The molecule has 0 saturated carbocycles. The summed E-state index contributed by atoms with van der Waals surface area (Å²) >= 11 is 1.58. The molecule has 0 heterocycles. The second-order valence-corrected chi connectivity index (χ2v) is 8.93. The first-order valence-electron chi connectivity index (χ1n) is 10.7. The lowest BCUT2D eigenvalue weighted by atomic mass is 10.1. The molecule has 0 aliphatic rings. The molecule has 2 rings (SSSR count). The van der Waals surface area contributed by atoms with Crippen LogP contribution in [0, 0.1) is 6.92 Å². The predicted molar refractivity (Wildman–Crippen MR) is 128 cm³/mol. The van der Waals surface area contributed by atoms with Crippen molar-refractivity contribution in [3.05, 3.63) is 65.2 Å². The summed E-state index contributed by atoms with van der Waals surface area (Å²) in [5, 5.41) is 2.96. The Bertz CT molecular complexity index is 869. The monoisotopic (exact) mass is 442 g/mol. The minimum absolute atomic E-state index is 0.0195. The van der Waals surface area contributed by atoms with Gasteiger partial charge in [0.1, 0.15) is 11.8 Å². The van der Waals surface area contributed by atoms with E-state index in [1.165, 1.54) is 11.1 Å². The summed E-state index contributed by atoms with van der Waals surface area (Å²) in [7, 11) is 1.62. The van der Waals surface area contributed by atoms with Gasteiger partial charge in [-0.05, 0) is 50.5 Å².